The highest BCUT2D eigenvalue weighted by atomic mass is 32.2. The molecule has 0 aliphatic rings. The molecule has 6 nitrogen and oxygen atoms in total. The van der Waals surface area contributed by atoms with Crippen LogP contribution in [-0.2, 0) is 11.2 Å². The normalized spacial score (nSPS) is 11.4. The molecule has 3 rings (SSSR count). The van der Waals surface area contributed by atoms with Gasteiger partial charge in [-0.25, -0.2) is 19.2 Å². The van der Waals surface area contributed by atoms with Crippen LogP contribution in [0.2, 0.25) is 0 Å². The molecule has 2 amide bonds. The Morgan fingerprint density at radius 1 is 1.22 bits per heavy atom. The van der Waals surface area contributed by atoms with Crippen LogP contribution < -0.4 is 10.6 Å². The van der Waals surface area contributed by atoms with E-state index in [9.17, 15) is 9.18 Å². The molecule has 0 unspecified atom stereocenters. The Labute approximate surface area is 164 Å². The number of nitrogens with one attached hydrogen (secondary N) is 2. The van der Waals surface area contributed by atoms with Gasteiger partial charge in [-0.15, -0.1) is 11.8 Å². The van der Waals surface area contributed by atoms with E-state index in [1.807, 2.05) is 0 Å². The van der Waals surface area contributed by atoms with E-state index in [1.165, 1.54) is 35.2 Å². The van der Waals surface area contributed by atoms with Crippen molar-refractivity contribution in [3.05, 3.63) is 54.1 Å². The van der Waals surface area contributed by atoms with Crippen molar-refractivity contribution in [3.8, 4) is 0 Å². The topological polar surface area (TPSA) is 80.0 Å². The predicted molar refractivity (Wildman–Crippen MR) is 106 cm³/mol. The van der Waals surface area contributed by atoms with Crippen LogP contribution in [0, 0.1) is 5.82 Å². The molecular weight excluding hydrogens is 387 g/mol. The van der Waals surface area contributed by atoms with Crippen LogP contribution in [0.1, 0.15) is 32.4 Å². The number of hydrogen-bond donors (Lipinski definition) is 2. The molecule has 1 aromatic carbocycles. The number of thioether (sulfide) groups is 1. The lowest BCUT2D eigenvalue weighted by Gasteiger charge is -2.12. The minimum Gasteiger partial charge on any atom is -0.444 e. The third-order valence-corrected chi connectivity index (χ3v) is 5.55. The van der Waals surface area contributed by atoms with Crippen LogP contribution in [0.15, 0.2) is 45.3 Å². The number of thiazole rings is 1. The van der Waals surface area contributed by atoms with Crippen LogP contribution >= 0.6 is 23.1 Å². The third-order valence-electron chi connectivity index (χ3n) is 3.46. The first-order chi connectivity index (χ1) is 12.8. The summed E-state index contributed by atoms with van der Waals surface area (Å²) >= 11 is 2.84. The molecule has 3 aromatic rings. The third kappa shape index (κ3) is 5.30. The number of halogens is 1. The van der Waals surface area contributed by atoms with Gasteiger partial charge in [0.1, 0.15) is 11.6 Å². The highest BCUT2D eigenvalue weighted by molar-refractivity contribution is 8.00. The minimum atomic E-state index is -0.548. The zero-order chi connectivity index (χ0) is 19.4. The molecule has 27 heavy (non-hydrogen) atoms. The molecule has 0 aliphatic heterocycles. The summed E-state index contributed by atoms with van der Waals surface area (Å²) < 4.78 is 20.2. The Hall–Kier alpha value is -2.39. The van der Waals surface area contributed by atoms with Gasteiger partial charge < -0.3 is 9.73 Å². The molecule has 9 heteroatoms. The molecule has 0 spiro atoms. The first-order valence-electron chi connectivity index (χ1n) is 8.17. The fourth-order valence-corrected chi connectivity index (χ4v) is 3.77. The minimum absolute atomic E-state index is 0.0803. The number of urea groups is 1. The van der Waals surface area contributed by atoms with E-state index >= 15 is 0 Å². The number of carbonyl (C=O) groups excluding carboxylic acids is 1. The molecule has 0 aliphatic carbocycles. The highest BCUT2D eigenvalue weighted by Gasteiger charge is 2.19. The Bertz CT molecular complexity index is 933. The molecule has 2 N–H and O–H groups in total. The molecule has 142 valence electrons. The van der Waals surface area contributed by atoms with Gasteiger partial charge in [-0.1, -0.05) is 44.2 Å². The van der Waals surface area contributed by atoms with E-state index in [0.717, 1.165) is 9.97 Å². The number of oxazole rings is 1. The van der Waals surface area contributed by atoms with E-state index in [2.05, 4.69) is 41.4 Å². The SMILES string of the molecule is CC(C)(C)c1cnc(CSc2cnc(NC(=O)Nc3ccccc3F)s2)o1. The first kappa shape index (κ1) is 19.4. The molecule has 0 fully saturated rings. The average molecular weight is 407 g/mol. The fraction of sp³-hybridized carbons (Fsp3) is 0.278. The van der Waals surface area contributed by atoms with Gasteiger partial charge in [0.25, 0.3) is 0 Å². The Balaban J connectivity index is 1.53. The summed E-state index contributed by atoms with van der Waals surface area (Å²) in [5.74, 6) is 1.56. The number of carbonyl (C=O) groups is 1. The zero-order valence-corrected chi connectivity index (χ0v) is 16.7. The van der Waals surface area contributed by atoms with Crippen molar-refractivity contribution >= 4 is 39.9 Å². The van der Waals surface area contributed by atoms with Gasteiger partial charge in [-0.05, 0) is 12.1 Å². The number of amides is 2. The maximum Gasteiger partial charge on any atom is 0.325 e. The van der Waals surface area contributed by atoms with Crippen molar-refractivity contribution in [1.82, 2.24) is 9.97 Å². The van der Waals surface area contributed by atoms with Crippen LogP contribution in [0.25, 0.3) is 0 Å². The average Bonchev–Trinajstić information content (AvgIpc) is 3.24. The van der Waals surface area contributed by atoms with E-state index in [0.29, 0.717) is 16.8 Å². The summed E-state index contributed by atoms with van der Waals surface area (Å²) in [6, 6.07) is 5.42. The first-order valence-corrected chi connectivity index (χ1v) is 9.98. The van der Waals surface area contributed by atoms with E-state index in [1.54, 1.807) is 24.5 Å². The quantitative estimate of drug-likeness (QED) is 0.547. The Kier molecular flexibility index (Phi) is 5.81. The molecule has 0 saturated carbocycles. The summed E-state index contributed by atoms with van der Waals surface area (Å²) in [5, 5.41) is 5.48. The van der Waals surface area contributed by atoms with Crippen LogP contribution in [0.3, 0.4) is 0 Å². The predicted octanol–water partition coefficient (Wildman–Crippen LogP) is 5.50. The van der Waals surface area contributed by atoms with Crippen molar-refractivity contribution in [3.63, 3.8) is 0 Å². The molecule has 0 atom stereocenters. The second kappa shape index (κ2) is 8.10. The van der Waals surface area contributed by atoms with Crippen LogP contribution in [0.4, 0.5) is 20.0 Å². The smallest absolute Gasteiger partial charge is 0.325 e. The number of nitrogens with zero attached hydrogens (tertiary/aromatic N) is 2. The fourth-order valence-electron chi connectivity index (χ4n) is 2.05. The standard InChI is InChI=1S/C18H19FN4O2S2/c1-18(2,3)13-8-20-14(25-13)10-26-15-9-21-17(27-15)23-16(24)22-12-7-5-4-6-11(12)19/h4-9H,10H2,1-3H3,(H2,21,22,23,24). The van der Waals surface area contributed by atoms with Crippen molar-refractivity contribution in [2.45, 2.75) is 36.1 Å². The molecule has 2 heterocycles. The summed E-state index contributed by atoms with van der Waals surface area (Å²) in [6.45, 7) is 6.20. The summed E-state index contributed by atoms with van der Waals surface area (Å²) in [4.78, 5) is 20.4. The van der Waals surface area contributed by atoms with Crippen LogP contribution in [0.5, 0.6) is 0 Å². The maximum absolute atomic E-state index is 13.6. The van der Waals surface area contributed by atoms with Gasteiger partial charge >= 0.3 is 6.03 Å². The maximum atomic E-state index is 13.6. The van der Waals surface area contributed by atoms with Gasteiger partial charge in [0.15, 0.2) is 5.13 Å². The van der Waals surface area contributed by atoms with Gasteiger partial charge in [-0.3, -0.25) is 5.32 Å². The van der Waals surface area contributed by atoms with Gasteiger partial charge in [0, 0.05) is 5.41 Å². The summed E-state index contributed by atoms with van der Waals surface area (Å²) in [6.07, 6.45) is 3.42. The lowest BCUT2D eigenvalue weighted by atomic mass is 9.94. The molecule has 0 bridgehead atoms. The van der Waals surface area contributed by atoms with Crippen molar-refractivity contribution in [2.75, 3.05) is 10.6 Å². The summed E-state index contributed by atoms with van der Waals surface area (Å²) in [5.41, 5.74) is 0.0306. The second-order valence-corrected chi connectivity index (χ2v) is 9.01. The molecule has 2 aromatic heterocycles. The summed E-state index contributed by atoms with van der Waals surface area (Å²) in [7, 11) is 0. The number of hydrogen-bond acceptors (Lipinski definition) is 6. The number of para-hydroxylation sites is 1. The number of rotatable bonds is 5. The lowest BCUT2D eigenvalue weighted by molar-refractivity contribution is 0.262. The van der Waals surface area contributed by atoms with Crippen LogP contribution in [-0.4, -0.2) is 16.0 Å². The highest BCUT2D eigenvalue weighted by Crippen LogP contribution is 2.31. The van der Waals surface area contributed by atoms with E-state index < -0.39 is 11.8 Å². The van der Waals surface area contributed by atoms with E-state index in [-0.39, 0.29) is 11.1 Å². The second-order valence-electron chi connectivity index (χ2n) is 6.70. The van der Waals surface area contributed by atoms with Crippen molar-refractivity contribution < 1.29 is 13.6 Å². The lowest BCUT2D eigenvalue weighted by Crippen LogP contribution is -2.19. The number of anilines is 2. The zero-order valence-electron chi connectivity index (χ0n) is 15.1. The van der Waals surface area contributed by atoms with Crippen molar-refractivity contribution in [2.24, 2.45) is 0 Å². The van der Waals surface area contributed by atoms with E-state index in [4.69, 9.17) is 4.42 Å². The molecule has 0 saturated heterocycles. The molecular formula is C18H19FN4O2S2. The molecule has 0 radical (unpaired) electrons. The number of aromatic nitrogens is 2. The largest absolute Gasteiger partial charge is 0.444 e. The number of benzene rings is 1. The monoisotopic (exact) mass is 406 g/mol. The Morgan fingerprint density at radius 2 is 2.00 bits per heavy atom. The van der Waals surface area contributed by atoms with Crippen molar-refractivity contribution in [1.29, 1.82) is 0 Å². The Morgan fingerprint density at radius 3 is 2.70 bits per heavy atom. The van der Waals surface area contributed by atoms with Gasteiger partial charge in [0.05, 0.1) is 28.0 Å². The van der Waals surface area contributed by atoms with Gasteiger partial charge in [0.2, 0.25) is 5.89 Å². The van der Waals surface area contributed by atoms with Gasteiger partial charge in [-0.2, -0.15) is 0 Å².